The average molecular weight is 438 g/mol. The van der Waals surface area contributed by atoms with Crippen molar-refractivity contribution in [1.29, 1.82) is 0 Å². The highest BCUT2D eigenvalue weighted by atomic mass is 35.5. The van der Waals surface area contributed by atoms with Crippen LogP contribution in [0.5, 0.6) is 0 Å². The molecule has 2 heterocycles. The molecule has 0 spiro atoms. The van der Waals surface area contributed by atoms with E-state index in [1.807, 2.05) is 41.7 Å². The summed E-state index contributed by atoms with van der Waals surface area (Å²) in [6.45, 7) is 3.80. The standard InChI is InChI=1S/C21H19Cl3N2S/c22-16-5-3-15(4-6-16)21-14-25(13-18-2-1-11-27-18)9-10-26(21)20-8-7-17(23)12-19(20)24/h1-8,11-12,21H,9-10,13-14H2. The van der Waals surface area contributed by atoms with Crippen molar-refractivity contribution in [3.63, 3.8) is 0 Å². The van der Waals surface area contributed by atoms with Crippen molar-refractivity contribution in [2.24, 2.45) is 0 Å². The lowest BCUT2D eigenvalue weighted by atomic mass is 10.0. The minimum absolute atomic E-state index is 0.203. The van der Waals surface area contributed by atoms with E-state index in [1.54, 1.807) is 0 Å². The van der Waals surface area contributed by atoms with E-state index < -0.39 is 0 Å². The van der Waals surface area contributed by atoms with Crippen LogP contribution in [0.25, 0.3) is 0 Å². The number of hydrogen-bond donors (Lipinski definition) is 0. The van der Waals surface area contributed by atoms with Gasteiger partial charge in [-0.2, -0.15) is 0 Å². The molecule has 0 amide bonds. The molecule has 1 aliphatic heterocycles. The molecule has 0 radical (unpaired) electrons. The predicted molar refractivity (Wildman–Crippen MR) is 118 cm³/mol. The number of benzene rings is 2. The van der Waals surface area contributed by atoms with Crippen LogP contribution < -0.4 is 4.90 Å². The molecule has 6 heteroatoms. The highest BCUT2D eigenvalue weighted by Crippen LogP contribution is 2.37. The molecule has 0 aliphatic carbocycles. The first-order chi connectivity index (χ1) is 13.1. The molecule has 2 aromatic carbocycles. The lowest BCUT2D eigenvalue weighted by molar-refractivity contribution is 0.217. The normalized spacial score (nSPS) is 18.0. The Hall–Kier alpha value is -1.23. The highest BCUT2D eigenvalue weighted by molar-refractivity contribution is 7.09. The summed E-state index contributed by atoms with van der Waals surface area (Å²) in [5.74, 6) is 0. The van der Waals surface area contributed by atoms with Crippen LogP contribution in [0.15, 0.2) is 60.0 Å². The maximum Gasteiger partial charge on any atom is 0.0670 e. The van der Waals surface area contributed by atoms with Gasteiger partial charge in [-0.3, -0.25) is 4.90 Å². The summed E-state index contributed by atoms with van der Waals surface area (Å²) < 4.78 is 0. The van der Waals surface area contributed by atoms with Crippen LogP contribution in [0.3, 0.4) is 0 Å². The van der Waals surface area contributed by atoms with Gasteiger partial charge in [0.2, 0.25) is 0 Å². The third-order valence-electron chi connectivity index (χ3n) is 4.90. The zero-order valence-corrected chi connectivity index (χ0v) is 17.7. The van der Waals surface area contributed by atoms with Crippen molar-refractivity contribution >= 4 is 51.8 Å². The van der Waals surface area contributed by atoms with Crippen molar-refractivity contribution in [3.8, 4) is 0 Å². The molecule has 2 nitrogen and oxygen atoms in total. The molecule has 1 saturated heterocycles. The minimum Gasteiger partial charge on any atom is -0.361 e. The van der Waals surface area contributed by atoms with E-state index in [9.17, 15) is 0 Å². The first kappa shape index (κ1) is 19.1. The summed E-state index contributed by atoms with van der Waals surface area (Å²) in [6.07, 6.45) is 0. The van der Waals surface area contributed by atoms with Gasteiger partial charge in [0.15, 0.2) is 0 Å². The Morgan fingerprint density at radius 2 is 1.70 bits per heavy atom. The number of hydrogen-bond acceptors (Lipinski definition) is 3. The van der Waals surface area contributed by atoms with Crippen LogP contribution in [0.4, 0.5) is 5.69 Å². The largest absolute Gasteiger partial charge is 0.361 e. The fraction of sp³-hybridized carbons (Fsp3) is 0.238. The maximum atomic E-state index is 6.53. The molecule has 3 aromatic rings. The van der Waals surface area contributed by atoms with E-state index in [0.717, 1.165) is 36.9 Å². The van der Waals surface area contributed by atoms with Crippen molar-refractivity contribution in [1.82, 2.24) is 4.90 Å². The van der Waals surface area contributed by atoms with Crippen molar-refractivity contribution < 1.29 is 0 Å². The highest BCUT2D eigenvalue weighted by Gasteiger charge is 2.29. The van der Waals surface area contributed by atoms with Gasteiger partial charge in [-0.25, -0.2) is 0 Å². The average Bonchev–Trinajstić information content (AvgIpc) is 3.16. The zero-order valence-electron chi connectivity index (χ0n) is 14.6. The Labute approximate surface area is 178 Å². The summed E-state index contributed by atoms with van der Waals surface area (Å²) >= 11 is 20.6. The van der Waals surface area contributed by atoms with Gasteiger partial charge >= 0.3 is 0 Å². The fourth-order valence-corrected chi connectivity index (χ4v) is 4.97. The van der Waals surface area contributed by atoms with Gasteiger partial charge < -0.3 is 4.90 Å². The molecule has 0 N–H and O–H groups in total. The van der Waals surface area contributed by atoms with Gasteiger partial charge in [0.1, 0.15) is 0 Å². The Bertz CT molecular complexity index is 896. The molecule has 0 saturated carbocycles. The molecule has 0 bridgehead atoms. The molecule has 27 heavy (non-hydrogen) atoms. The number of nitrogens with zero attached hydrogens (tertiary/aromatic N) is 2. The molecule has 1 aliphatic rings. The predicted octanol–water partition coefficient (Wildman–Crippen LogP) is 6.77. The van der Waals surface area contributed by atoms with Crippen LogP contribution in [0, 0.1) is 0 Å². The lowest BCUT2D eigenvalue weighted by Gasteiger charge is -2.43. The van der Waals surface area contributed by atoms with E-state index in [4.69, 9.17) is 34.8 Å². The Balaban J connectivity index is 1.64. The molecular weight excluding hydrogens is 419 g/mol. The quantitative estimate of drug-likeness (QED) is 0.444. The molecule has 1 aromatic heterocycles. The fourth-order valence-electron chi connectivity index (χ4n) is 3.58. The van der Waals surface area contributed by atoms with E-state index in [-0.39, 0.29) is 6.04 Å². The molecule has 1 unspecified atom stereocenters. The monoisotopic (exact) mass is 436 g/mol. The molecule has 1 atom stereocenters. The van der Waals surface area contributed by atoms with Crippen molar-refractivity contribution in [2.75, 3.05) is 24.5 Å². The second-order valence-corrected chi connectivity index (χ2v) is 8.98. The van der Waals surface area contributed by atoms with Crippen LogP contribution in [-0.4, -0.2) is 24.5 Å². The van der Waals surface area contributed by atoms with Gasteiger partial charge in [0.05, 0.1) is 16.8 Å². The molecule has 4 rings (SSSR count). The summed E-state index contributed by atoms with van der Waals surface area (Å²) in [5.41, 5.74) is 2.26. The number of rotatable bonds is 4. The van der Waals surface area contributed by atoms with Crippen LogP contribution in [-0.2, 0) is 6.54 Å². The second kappa shape index (κ2) is 8.42. The van der Waals surface area contributed by atoms with Gasteiger partial charge in [0.25, 0.3) is 0 Å². The van der Waals surface area contributed by atoms with E-state index in [1.165, 1.54) is 10.4 Å². The first-order valence-corrected chi connectivity index (χ1v) is 10.8. The van der Waals surface area contributed by atoms with Crippen molar-refractivity contribution in [3.05, 3.63) is 85.5 Å². The Kier molecular flexibility index (Phi) is 5.96. The van der Waals surface area contributed by atoms with Crippen LogP contribution >= 0.6 is 46.1 Å². The molecule has 1 fully saturated rings. The van der Waals surface area contributed by atoms with Crippen LogP contribution in [0.2, 0.25) is 15.1 Å². The third kappa shape index (κ3) is 4.44. The summed E-state index contributed by atoms with van der Waals surface area (Å²) in [5, 5.41) is 4.23. The van der Waals surface area contributed by atoms with E-state index in [2.05, 4.69) is 39.4 Å². The van der Waals surface area contributed by atoms with E-state index in [0.29, 0.717) is 10.0 Å². The number of piperazine rings is 1. The molecular formula is C21H19Cl3N2S. The second-order valence-electron chi connectivity index (χ2n) is 6.67. The number of halogens is 3. The smallest absolute Gasteiger partial charge is 0.0670 e. The Morgan fingerprint density at radius 3 is 2.41 bits per heavy atom. The summed E-state index contributed by atoms with van der Waals surface area (Å²) in [6, 6.07) is 18.4. The first-order valence-electron chi connectivity index (χ1n) is 8.82. The number of thiophene rings is 1. The van der Waals surface area contributed by atoms with Gasteiger partial charge in [-0.15, -0.1) is 11.3 Å². The lowest BCUT2D eigenvalue weighted by Crippen LogP contribution is -2.48. The summed E-state index contributed by atoms with van der Waals surface area (Å²) in [4.78, 5) is 6.28. The molecule has 140 valence electrons. The van der Waals surface area contributed by atoms with Gasteiger partial charge in [-0.1, -0.05) is 53.0 Å². The third-order valence-corrected chi connectivity index (χ3v) is 6.55. The SMILES string of the molecule is Clc1ccc(C2CN(Cc3cccs3)CCN2c2ccc(Cl)cc2Cl)cc1. The maximum absolute atomic E-state index is 6.53. The van der Waals surface area contributed by atoms with Gasteiger partial charge in [0, 0.05) is 41.1 Å². The van der Waals surface area contributed by atoms with Gasteiger partial charge in [-0.05, 0) is 47.3 Å². The minimum atomic E-state index is 0.203. The van der Waals surface area contributed by atoms with Crippen LogP contribution in [0.1, 0.15) is 16.5 Å². The topological polar surface area (TPSA) is 6.48 Å². The summed E-state index contributed by atoms with van der Waals surface area (Å²) in [7, 11) is 0. The van der Waals surface area contributed by atoms with Crippen molar-refractivity contribution in [2.45, 2.75) is 12.6 Å². The Morgan fingerprint density at radius 1 is 0.926 bits per heavy atom. The zero-order chi connectivity index (χ0) is 18.8. The number of anilines is 1. The van der Waals surface area contributed by atoms with E-state index >= 15 is 0 Å².